The summed E-state index contributed by atoms with van der Waals surface area (Å²) in [5.41, 5.74) is -0.543. The van der Waals surface area contributed by atoms with Crippen LogP contribution in [0.4, 0.5) is 5.69 Å². The van der Waals surface area contributed by atoms with Gasteiger partial charge in [0.25, 0.3) is 5.69 Å². The standard InChI is InChI=1S/C12H7BrN2O4S/c13-9-3-1-2-4-10(9)20-11-8(12(16)17)5-7(6-14-11)15(18)19/h1-6H,(H,16,17). The second-order valence-corrected chi connectivity index (χ2v) is 5.53. The number of hydrogen-bond donors (Lipinski definition) is 1. The first-order chi connectivity index (χ1) is 9.49. The van der Waals surface area contributed by atoms with Crippen molar-refractivity contribution in [3.63, 3.8) is 0 Å². The molecule has 2 rings (SSSR count). The molecule has 0 aliphatic carbocycles. The normalized spacial score (nSPS) is 10.2. The second-order valence-electron chi connectivity index (χ2n) is 3.64. The second kappa shape index (κ2) is 6.02. The van der Waals surface area contributed by atoms with Gasteiger partial charge < -0.3 is 5.11 Å². The number of benzene rings is 1. The first-order valence-electron chi connectivity index (χ1n) is 5.29. The number of carbonyl (C=O) groups is 1. The molecule has 102 valence electrons. The topological polar surface area (TPSA) is 93.3 Å². The number of carboxylic acid groups (broad SMARTS) is 1. The van der Waals surface area contributed by atoms with E-state index >= 15 is 0 Å². The molecular formula is C12H7BrN2O4S. The SMILES string of the molecule is O=C(O)c1cc([N+](=O)[O-])cnc1Sc1ccccc1Br. The minimum absolute atomic E-state index is 0.194. The number of carboxylic acids is 1. The zero-order valence-corrected chi connectivity index (χ0v) is 12.2. The van der Waals surface area contributed by atoms with Crippen LogP contribution in [0.5, 0.6) is 0 Å². The maximum atomic E-state index is 11.2. The Hall–Kier alpha value is -1.93. The van der Waals surface area contributed by atoms with Gasteiger partial charge in [-0.25, -0.2) is 9.78 Å². The molecule has 0 aliphatic heterocycles. The number of hydrogen-bond acceptors (Lipinski definition) is 5. The molecule has 0 atom stereocenters. The zero-order chi connectivity index (χ0) is 14.7. The highest BCUT2D eigenvalue weighted by molar-refractivity contribution is 9.10. The molecule has 2 aromatic rings. The van der Waals surface area contributed by atoms with Crippen LogP contribution >= 0.6 is 27.7 Å². The van der Waals surface area contributed by atoms with Gasteiger partial charge in [0.1, 0.15) is 11.2 Å². The highest BCUT2D eigenvalue weighted by Crippen LogP contribution is 2.34. The van der Waals surface area contributed by atoms with E-state index in [-0.39, 0.29) is 16.3 Å². The van der Waals surface area contributed by atoms with Crippen LogP contribution in [-0.2, 0) is 0 Å². The molecule has 1 aromatic heterocycles. The average Bonchev–Trinajstić information content (AvgIpc) is 2.41. The van der Waals surface area contributed by atoms with Crippen molar-refractivity contribution in [1.82, 2.24) is 4.98 Å². The summed E-state index contributed by atoms with van der Waals surface area (Å²) >= 11 is 4.48. The smallest absolute Gasteiger partial charge is 0.338 e. The highest BCUT2D eigenvalue weighted by Gasteiger charge is 2.18. The predicted octanol–water partition coefficient (Wildman–Crippen LogP) is 3.60. The molecule has 6 nitrogen and oxygen atoms in total. The third kappa shape index (κ3) is 3.14. The van der Waals surface area contributed by atoms with Crippen LogP contribution in [0, 0.1) is 10.1 Å². The molecule has 0 saturated carbocycles. The number of halogens is 1. The lowest BCUT2D eigenvalue weighted by molar-refractivity contribution is -0.385. The molecule has 1 heterocycles. The van der Waals surface area contributed by atoms with Gasteiger partial charge in [-0.3, -0.25) is 10.1 Å². The molecule has 0 unspecified atom stereocenters. The van der Waals surface area contributed by atoms with Gasteiger partial charge in [-0.1, -0.05) is 23.9 Å². The Bertz CT molecular complexity index is 693. The van der Waals surface area contributed by atoms with Crippen LogP contribution in [-0.4, -0.2) is 21.0 Å². The van der Waals surface area contributed by atoms with Gasteiger partial charge >= 0.3 is 5.97 Å². The number of rotatable bonds is 4. The molecule has 8 heteroatoms. The van der Waals surface area contributed by atoms with Crippen molar-refractivity contribution in [2.45, 2.75) is 9.92 Å². The number of aromatic nitrogens is 1. The first kappa shape index (κ1) is 14.5. The summed E-state index contributed by atoms with van der Waals surface area (Å²) in [6.07, 6.45) is 1.05. The fourth-order valence-electron chi connectivity index (χ4n) is 1.41. The van der Waals surface area contributed by atoms with E-state index in [0.717, 1.165) is 33.4 Å². The Kier molecular flexibility index (Phi) is 4.35. The molecule has 0 amide bonds. The molecule has 20 heavy (non-hydrogen) atoms. The summed E-state index contributed by atoms with van der Waals surface area (Å²) < 4.78 is 0.793. The number of aromatic carboxylic acids is 1. The van der Waals surface area contributed by atoms with Crippen LogP contribution in [0.3, 0.4) is 0 Å². The number of nitrogens with zero attached hydrogens (tertiary/aromatic N) is 2. The Morgan fingerprint density at radius 3 is 2.70 bits per heavy atom. The van der Waals surface area contributed by atoms with Gasteiger partial charge in [0.05, 0.1) is 10.5 Å². The van der Waals surface area contributed by atoms with Gasteiger partial charge in [0.2, 0.25) is 0 Å². The van der Waals surface area contributed by atoms with Crippen molar-refractivity contribution < 1.29 is 14.8 Å². The minimum Gasteiger partial charge on any atom is -0.478 e. The first-order valence-corrected chi connectivity index (χ1v) is 6.90. The summed E-state index contributed by atoms with van der Waals surface area (Å²) in [4.78, 5) is 25.8. The van der Waals surface area contributed by atoms with E-state index in [0.29, 0.717) is 0 Å². The van der Waals surface area contributed by atoms with Gasteiger partial charge in [0, 0.05) is 15.4 Å². The average molecular weight is 355 g/mol. The molecule has 0 bridgehead atoms. The van der Waals surface area contributed by atoms with Crippen LogP contribution in [0.1, 0.15) is 10.4 Å². The molecule has 0 fully saturated rings. The summed E-state index contributed by atoms with van der Waals surface area (Å²) in [5.74, 6) is -1.25. The third-order valence-electron chi connectivity index (χ3n) is 2.32. The monoisotopic (exact) mass is 354 g/mol. The van der Waals surface area contributed by atoms with Gasteiger partial charge in [0.15, 0.2) is 0 Å². The van der Waals surface area contributed by atoms with E-state index in [4.69, 9.17) is 5.11 Å². The predicted molar refractivity (Wildman–Crippen MR) is 76.1 cm³/mol. The molecule has 1 N–H and O–H groups in total. The fourth-order valence-corrected chi connectivity index (χ4v) is 2.82. The van der Waals surface area contributed by atoms with Crippen molar-refractivity contribution in [3.05, 3.63) is 56.7 Å². The van der Waals surface area contributed by atoms with Crippen LogP contribution in [0.2, 0.25) is 0 Å². The summed E-state index contributed by atoms with van der Waals surface area (Å²) in [6.45, 7) is 0. The molecule has 0 radical (unpaired) electrons. The Balaban J connectivity index is 2.44. The van der Waals surface area contributed by atoms with Crippen LogP contribution < -0.4 is 0 Å². The quantitative estimate of drug-likeness (QED) is 0.665. The molecule has 1 aromatic carbocycles. The molecule has 0 aliphatic rings. The zero-order valence-electron chi connectivity index (χ0n) is 9.82. The van der Waals surface area contributed by atoms with Crippen molar-refractivity contribution in [2.24, 2.45) is 0 Å². The summed E-state index contributed by atoms with van der Waals surface area (Å²) in [7, 11) is 0. The summed E-state index contributed by atoms with van der Waals surface area (Å²) in [5, 5.41) is 20.0. The number of pyridine rings is 1. The lowest BCUT2D eigenvalue weighted by Crippen LogP contribution is -2.02. The Morgan fingerprint density at radius 1 is 1.40 bits per heavy atom. The van der Waals surface area contributed by atoms with Gasteiger partial charge in [-0.15, -0.1) is 0 Å². The largest absolute Gasteiger partial charge is 0.478 e. The van der Waals surface area contributed by atoms with Crippen molar-refractivity contribution in [2.75, 3.05) is 0 Å². The van der Waals surface area contributed by atoms with Gasteiger partial charge in [-0.05, 0) is 28.1 Å². The molecular weight excluding hydrogens is 348 g/mol. The maximum absolute atomic E-state index is 11.2. The minimum atomic E-state index is -1.25. The Labute approximate surface area is 126 Å². The van der Waals surface area contributed by atoms with Crippen molar-refractivity contribution in [1.29, 1.82) is 0 Å². The molecule has 0 spiro atoms. The Morgan fingerprint density at radius 2 is 2.10 bits per heavy atom. The fraction of sp³-hybridized carbons (Fsp3) is 0. The van der Waals surface area contributed by atoms with E-state index in [1.54, 1.807) is 12.1 Å². The van der Waals surface area contributed by atoms with Crippen molar-refractivity contribution in [3.8, 4) is 0 Å². The third-order valence-corrected chi connectivity index (χ3v) is 4.37. The highest BCUT2D eigenvalue weighted by atomic mass is 79.9. The van der Waals surface area contributed by atoms with E-state index < -0.39 is 10.9 Å². The van der Waals surface area contributed by atoms with E-state index in [1.165, 1.54) is 0 Å². The van der Waals surface area contributed by atoms with Crippen LogP contribution in [0.15, 0.2) is 50.9 Å². The summed E-state index contributed by atoms with van der Waals surface area (Å²) in [6, 6.07) is 8.25. The van der Waals surface area contributed by atoms with E-state index in [1.807, 2.05) is 12.1 Å². The van der Waals surface area contributed by atoms with Crippen molar-refractivity contribution >= 4 is 39.3 Å². The lowest BCUT2D eigenvalue weighted by Gasteiger charge is -2.06. The van der Waals surface area contributed by atoms with E-state index in [2.05, 4.69) is 20.9 Å². The van der Waals surface area contributed by atoms with Crippen LogP contribution in [0.25, 0.3) is 0 Å². The maximum Gasteiger partial charge on any atom is 0.338 e. The number of nitro groups is 1. The van der Waals surface area contributed by atoms with E-state index in [9.17, 15) is 14.9 Å². The lowest BCUT2D eigenvalue weighted by atomic mass is 10.3. The molecule has 0 saturated heterocycles. The van der Waals surface area contributed by atoms with Gasteiger partial charge in [-0.2, -0.15) is 0 Å².